The molecule has 2 N–H and O–H groups in total. The number of rotatable bonds is 4. The predicted molar refractivity (Wildman–Crippen MR) is 149 cm³/mol. The number of morpholine rings is 1. The molecule has 1 saturated heterocycles. The highest BCUT2D eigenvalue weighted by Crippen LogP contribution is 2.78. The molecular formula is C32H43NO4S. The first-order chi connectivity index (χ1) is 18.1. The van der Waals surface area contributed by atoms with Crippen LogP contribution in [0.15, 0.2) is 35.9 Å². The van der Waals surface area contributed by atoms with Gasteiger partial charge in [-0.1, -0.05) is 32.1 Å². The zero-order chi connectivity index (χ0) is 26.6. The molecule has 8 rings (SSSR count). The fraction of sp³-hybridized carbons (Fsp3) is 0.719. The highest BCUT2D eigenvalue weighted by Gasteiger charge is 2.74. The van der Waals surface area contributed by atoms with Crippen LogP contribution in [-0.2, 0) is 4.74 Å². The Kier molecular flexibility index (Phi) is 5.64. The third-order valence-electron chi connectivity index (χ3n) is 12.5. The minimum atomic E-state index is -0.772. The molecule has 6 heteroatoms. The van der Waals surface area contributed by atoms with Crippen LogP contribution in [0.1, 0.15) is 73.3 Å². The third kappa shape index (κ3) is 3.16. The molecule has 2 heterocycles. The molecule has 6 aliphatic carbocycles. The number of hydrogen-bond donors (Lipinski definition) is 2. The first-order valence-electron chi connectivity index (χ1n) is 14.8. The SMILES string of the molecule is Cc1ccc(C(=O)C2=C[C@@]34C=C[C@@]25[C@@H]2CC[C@@](O)(CN6CCOCC6)[C@@]2(C)CC[C@@H]5[C@@]3(C)CCC(O)C4)s1. The fourth-order valence-electron chi connectivity index (χ4n) is 10.4. The molecule has 1 aliphatic heterocycles. The molecule has 7 aliphatic rings. The summed E-state index contributed by atoms with van der Waals surface area (Å²) >= 11 is 1.60. The van der Waals surface area contributed by atoms with E-state index in [0.29, 0.717) is 18.9 Å². The van der Waals surface area contributed by atoms with Crippen molar-refractivity contribution in [3.63, 3.8) is 0 Å². The summed E-state index contributed by atoms with van der Waals surface area (Å²) in [7, 11) is 0. The van der Waals surface area contributed by atoms with Gasteiger partial charge in [-0.15, -0.1) is 11.3 Å². The Labute approximate surface area is 230 Å². The van der Waals surface area contributed by atoms with Crippen molar-refractivity contribution in [1.29, 1.82) is 0 Å². The van der Waals surface area contributed by atoms with Crippen LogP contribution in [0, 0.1) is 40.4 Å². The van der Waals surface area contributed by atoms with Gasteiger partial charge in [-0.05, 0) is 81.3 Å². The molecule has 5 nitrogen and oxygen atoms in total. The molecule has 38 heavy (non-hydrogen) atoms. The van der Waals surface area contributed by atoms with Gasteiger partial charge >= 0.3 is 0 Å². The van der Waals surface area contributed by atoms with Gasteiger partial charge in [-0.2, -0.15) is 0 Å². The number of β-amino-alcohol motifs (C(OH)–C–C–N with tert-alkyl or cyclic N) is 1. The van der Waals surface area contributed by atoms with Crippen LogP contribution in [0.5, 0.6) is 0 Å². The number of Topliss-reactive ketones (excluding diaryl/α,β-unsaturated/α-hetero) is 1. The molecular weight excluding hydrogens is 494 g/mol. The zero-order valence-electron chi connectivity index (χ0n) is 23.2. The maximum absolute atomic E-state index is 14.4. The van der Waals surface area contributed by atoms with Crippen molar-refractivity contribution in [2.24, 2.45) is 33.5 Å². The number of nitrogens with zero attached hydrogens (tertiary/aromatic N) is 1. The number of allylic oxidation sites excluding steroid dienone is 4. The van der Waals surface area contributed by atoms with Gasteiger partial charge in [-0.25, -0.2) is 0 Å². The standard InChI is InChI=1S/C32H43NO4S/c1-21-4-5-24(38-21)27(35)23-19-30-12-13-32(23)25(28(30,2)9-6-22(34)18-30)7-10-29(3)26(32)8-11-31(29,36)20-33-14-16-37-17-15-33/h4-5,12-13,19,22,25-26,34,36H,6-11,14-18,20H2,1-3H3/t22?,25-,26-,28-,29+,30+,31-,32-/m1/s1. The minimum Gasteiger partial charge on any atom is -0.393 e. The Bertz CT molecular complexity index is 1220. The van der Waals surface area contributed by atoms with E-state index < -0.39 is 5.60 Å². The van der Waals surface area contributed by atoms with Crippen molar-refractivity contribution in [3.8, 4) is 0 Å². The number of ketones is 1. The monoisotopic (exact) mass is 537 g/mol. The van der Waals surface area contributed by atoms with Crippen LogP contribution >= 0.6 is 11.3 Å². The lowest BCUT2D eigenvalue weighted by atomic mass is 9.32. The molecule has 0 radical (unpaired) electrons. The lowest BCUT2D eigenvalue weighted by Gasteiger charge is -2.71. The molecule has 3 saturated carbocycles. The predicted octanol–water partition coefficient (Wildman–Crippen LogP) is 5.16. The van der Waals surface area contributed by atoms with Crippen LogP contribution < -0.4 is 0 Å². The molecule has 2 bridgehead atoms. The number of aliphatic hydroxyl groups is 2. The Morgan fingerprint density at radius 3 is 2.50 bits per heavy atom. The number of hydrogen-bond acceptors (Lipinski definition) is 6. The maximum atomic E-state index is 14.4. The number of aryl methyl sites for hydroxylation is 1. The van der Waals surface area contributed by atoms with E-state index in [2.05, 4.69) is 50.0 Å². The molecule has 1 aromatic heterocycles. The molecule has 4 fully saturated rings. The van der Waals surface area contributed by atoms with Crippen LogP contribution in [0.2, 0.25) is 0 Å². The van der Waals surface area contributed by atoms with Gasteiger partial charge < -0.3 is 14.9 Å². The van der Waals surface area contributed by atoms with Gasteiger partial charge in [0.25, 0.3) is 0 Å². The normalized spacial score (nSPS) is 47.8. The topological polar surface area (TPSA) is 70.0 Å². The Balaban J connectivity index is 1.36. The Hall–Kier alpha value is -1.31. The van der Waals surface area contributed by atoms with Crippen LogP contribution in [0.3, 0.4) is 0 Å². The lowest BCUT2D eigenvalue weighted by molar-refractivity contribution is -0.178. The largest absolute Gasteiger partial charge is 0.393 e. The number of carbonyl (C=O) groups is 1. The van der Waals surface area contributed by atoms with Crippen molar-refractivity contribution in [2.75, 3.05) is 32.8 Å². The highest BCUT2D eigenvalue weighted by atomic mass is 32.1. The van der Waals surface area contributed by atoms with E-state index in [4.69, 9.17) is 4.74 Å². The second kappa shape index (κ2) is 8.36. The first kappa shape index (κ1) is 25.6. The molecule has 1 aromatic rings. The van der Waals surface area contributed by atoms with E-state index in [0.717, 1.165) is 80.2 Å². The second-order valence-electron chi connectivity index (χ2n) is 13.9. The molecule has 0 aromatic carbocycles. The zero-order valence-corrected chi connectivity index (χ0v) is 24.0. The quantitative estimate of drug-likeness (QED) is 0.410. The van der Waals surface area contributed by atoms with Crippen LogP contribution in [-0.4, -0.2) is 65.4 Å². The molecule has 206 valence electrons. The summed E-state index contributed by atoms with van der Waals surface area (Å²) in [5.41, 5.74) is -0.696. The Morgan fingerprint density at radius 2 is 1.76 bits per heavy atom. The summed E-state index contributed by atoms with van der Waals surface area (Å²) in [6.45, 7) is 10.8. The summed E-state index contributed by atoms with van der Waals surface area (Å²) in [6, 6.07) is 4.05. The van der Waals surface area contributed by atoms with Crippen molar-refractivity contribution in [3.05, 3.63) is 45.7 Å². The van der Waals surface area contributed by atoms with E-state index in [1.807, 2.05) is 6.07 Å². The summed E-state index contributed by atoms with van der Waals surface area (Å²) in [4.78, 5) is 18.8. The third-order valence-corrected chi connectivity index (χ3v) is 13.5. The van der Waals surface area contributed by atoms with E-state index in [9.17, 15) is 15.0 Å². The number of fused-ring (bicyclic) bond motifs is 1. The van der Waals surface area contributed by atoms with E-state index in [1.165, 1.54) is 0 Å². The lowest BCUT2D eigenvalue weighted by Crippen LogP contribution is -2.67. The average Bonchev–Trinajstić information content (AvgIpc) is 3.44. The van der Waals surface area contributed by atoms with E-state index in [1.54, 1.807) is 11.3 Å². The van der Waals surface area contributed by atoms with Gasteiger partial charge in [0, 0.05) is 46.3 Å². The summed E-state index contributed by atoms with van der Waals surface area (Å²) < 4.78 is 5.60. The van der Waals surface area contributed by atoms with E-state index in [-0.39, 0.29) is 39.5 Å². The van der Waals surface area contributed by atoms with Crippen LogP contribution in [0.4, 0.5) is 0 Å². The molecule has 1 unspecified atom stereocenters. The summed E-state index contributed by atoms with van der Waals surface area (Å²) in [5.74, 6) is 0.738. The van der Waals surface area contributed by atoms with Crippen molar-refractivity contribution < 1.29 is 19.7 Å². The van der Waals surface area contributed by atoms with Gasteiger partial charge in [0.05, 0.1) is 29.8 Å². The van der Waals surface area contributed by atoms with Gasteiger partial charge in [0.15, 0.2) is 5.78 Å². The van der Waals surface area contributed by atoms with Crippen LogP contribution in [0.25, 0.3) is 0 Å². The van der Waals surface area contributed by atoms with Crippen molar-refractivity contribution in [2.45, 2.75) is 77.4 Å². The molecule has 2 spiro atoms. The second-order valence-corrected chi connectivity index (χ2v) is 15.2. The summed E-state index contributed by atoms with van der Waals surface area (Å²) in [5, 5.41) is 23.3. The maximum Gasteiger partial charge on any atom is 0.199 e. The van der Waals surface area contributed by atoms with E-state index >= 15 is 0 Å². The number of carbonyl (C=O) groups excluding carboxylic acids is 1. The fourth-order valence-corrected chi connectivity index (χ4v) is 11.2. The minimum absolute atomic E-state index is 0.0162. The summed E-state index contributed by atoms with van der Waals surface area (Å²) in [6.07, 6.45) is 13.1. The number of aliphatic hydroxyl groups excluding tert-OH is 1. The average molecular weight is 538 g/mol. The smallest absolute Gasteiger partial charge is 0.199 e. The number of thiophene rings is 1. The molecule has 0 amide bonds. The number of ether oxygens (including phenoxy) is 1. The van der Waals surface area contributed by atoms with Gasteiger partial charge in [0.1, 0.15) is 0 Å². The van der Waals surface area contributed by atoms with Crippen molar-refractivity contribution in [1.82, 2.24) is 4.90 Å². The van der Waals surface area contributed by atoms with Gasteiger partial charge in [-0.3, -0.25) is 9.69 Å². The van der Waals surface area contributed by atoms with Crippen molar-refractivity contribution >= 4 is 17.1 Å². The molecule has 8 atom stereocenters. The highest BCUT2D eigenvalue weighted by molar-refractivity contribution is 7.14. The Morgan fingerprint density at radius 1 is 1.05 bits per heavy atom. The van der Waals surface area contributed by atoms with Gasteiger partial charge in [0.2, 0.25) is 0 Å². The first-order valence-corrected chi connectivity index (χ1v) is 15.6.